The molecule has 1 atom stereocenters. The molecule has 1 amide bonds. The largest absolute Gasteiger partial charge is 0.271 e. The lowest BCUT2D eigenvalue weighted by atomic mass is 9.98. The number of carbonyl (C=O) groups excluding carboxylic acids is 1. The second kappa shape index (κ2) is 10.7. The summed E-state index contributed by atoms with van der Waals surface area (Å²) in [5, 5.41) is 12.4. The molecule has 8 heteroatoms. The molecule has 178 valence electrons. The zero-order valence-corrected chi connectivity index (χ0v) is 20.6. The molecule has 3 aromatic carbocycles. The van der Waals surface area contributed by atoms with E-state index in [0.717, 1.165) is 34.5 Å². The molecule has 5 rings (SSSR count). The van der Waals surface area contributed by atoms with Crippen LogP contribution >= 0.6 is 23.2 Å². The van der Waals surface area contributed by atoms with E-state index >= 15 is 0 Å². The Hall–Kier alpha value is -4.00. The van der Waals surface area contributed by atoms with Crippen molar-refractivity contribution in [1.82, 2.24) is 10.4 Å². The molecular weight excluding hydrogens is 493 g/mol. The third-order valence-corrected chi connectivity index (χ3v) is 6.33. The topological polar surface area (TPSA) is 70.0 Å². The van der Waals surface area contributed by atoms with E-state index in [1.54, 1.807) is 30.7 Å². The molecule has 4 aromatic rings. The zero-order chi connectivity index (χ0) is 24.9. The van der Waals surface area contributed by atoms with Gasteiger partial charge in [-0.1, -0.05) is 59.6 Å². The third-order valence-electron chi connectivity index (χ3n) is 5.82. The predicted molar refractivity (Wildman–Crippen MR) is 145 cm³/mol. The minimum absolute atomic E-state index is 0.0205. The highest BCUT2D eigenvalue weighted by Gasteiger charge is 2.29. The van der Waals surface area contributed by atoms with Crippen LogP contribution in [0.25, 0.3) is 0 Å². The van der Waals surface area contributed by atoms with Gasteiger partial charge in [0.05, 0.1) is 23.7 Å². The van der Waals surface area contributed by atoms with E-state index in [9.17, 15) is 4.79 Å². The number of anilines is 1. The second-order valence-electron chi connectivity index (χ2n) is 8.20. The number of nitrogens with zero attached hydrogens (tertiary/aromatic N) is 4. The van der Waals surface area contributed by atoms with E-state index in [2.05, 4.69) is 15.5 Å². The van der Waals surface area contributed by atoms with Crippen LogP contribution in [0.5, 0.6) is 0 Å². The Kier molecular flexibility index (Phi) is 7.07. The lowest BCUT2D eigenvalue weighted by molar-refractivity contribution is 0.0955. The Balaban J connectivity index is 1.36. The molecule has 36 heavy (non-hydrogen) atoms. The molecule has 1 N–H and O–H groups in total. The molecule has 1 aliphatic heterocycles. The molecule has 1 aromatic heterocycles. The van der Waals surface area contributed by atoms with Crippen molar-refractivity contribution in [2.75, 3.05) is 5.01 Å². The Morgan fingerprint density at radius 3 is 2.19 bits per heavy atom. The number of benzene rings is 3. The standard InChI is InChI=1S/C28H21Cl2N5O/c29-23-7-3-20(4-8-23)26-17-27(21-5-9-24(30)10-6-21)35(34-26)25-11-1-19(2-12-25)18-32-33-28(36)22-13-15-31-16-14-22/h1-16,18,27H,17H2,(H,33,36)/b32-18-. The molecule has 1 unspecified atom stereocenters. The highest BCUT2D eigenvalue weighted by Crippen LogP contribution is 2.37. The molecule has 0 aliphatic carbocycles. The normalized spacial score (nSPS) is 15.2. The maximum Gasteiger partial charge on any atom is 0.271 e. The number of nitrogens with one attached hydrogen (secondary N) is 1. The minimum Gasteiger partial charge on any atom is -0.267 e. The second-order valence-corrected chi connectivity index (χ2v) is 9.07. The minimum atomic E-state index is -0.294. The van der Waals surface area contributed by atoms with Crippen LogP contribution in [0.15, 0.2) is 108 Å². The quantitative estimate of drug-likeness (QED) is 0.236. The average Bonchev–Trinajstić information content (AvgIpc) is 3.36. The van der Waals surface area contributed by atoms with Gasteiger partial charge in [-0.15, -0.1) is 0 Å². The van der Waals surface area contributed by atoms with Gasteiger partial charge in [-0.3, -0.25) is 14.8 Å². The highest BCUT2D eigenvalue weighted by atomic mass is 35.5. The first-order valence-corrected chi connectivity index (χ1v) is 12.0. The van der Waals surface area contributed by atoms with E-state index in [0.29, 0.717) is 15.6 Å². The average molecular weight is 514 g/mol. The first-order valence-electron chi connectivity index (χ1n) is 11.3. The number of hydrogen-bond donors (Lipinski definition) is 1. The first kappa shape index (κ1) is 23.7. The Morgan fingerprint density at radius 1 is 0.889 bits per heavy atom. The summed E-state index contributed by atoms with van der Waals surface area (Å²) in [5.41, 5.74) is 7.95. The van der Waals surface area contributed by atoms with Gasteiger partial charge in [0.1, 0.15) is 0 Å². The SMILES string of the molecule is O=C(N/N=C\c1ccc(N2N=C(c3ccc(Cl)cc3)CC2c2ccc(Cl)cc2)cc1)c1ccncc1. The Labute approximate surface area is 218 Å². The van der Waals surface area contributed by atoms with Gasteiger partial charge in [-0.2, -0.15) is 10.2 Å². The lowest BCUT2D eigenvalue weighted by Crippen LogP contribution is -2.18. The zero-order valence-electron chi connectivity index (χ0n) is 19.1. The van der Waals surface area contributed by atoms with Gasteiger partial charge in [-0.05, 0) is 65.2 Å². The predicted octanol–water partition coefficient (Wildman–Crippen LogP) is 6.51. The summed E-state index contributed by atoms with van der Waals surface area (Å²) in [5.74, 6) is -0.294. The number of amides is 1. The molecule has 0 spiro atoms. The Morgan fingerprint density at radius 2 is 1.53 bits per heavy atom. The molecule has 0 fully saturated rings. The van der Waals surface area contributed by atoms with Gasteiger partial charge >= 0.3 is 0 Å². The van der Waals surface area contributed by atoms with E-state index in [1.165, 1.54) is 0 Å². The van der Waals surface area contributed by atoms with Crippen molar-refractivity contribution in [3.8, 4) is 0 Å². The third kappa shape index (κ3) is 5.46. The summed E-state index contributed by atoms with van der Waals surface area (Å²) in [6, 6.07) is 26.7. The van der Waals surface area contributed by atoms with Crippen molar-refractivity contribution in [2.45, 2.75) is 12.5 Å². The van der Waals surface area contributed by atoms with Gasteiger partial charge in [0.15, 0.2) is 0 Å². The Bertz CT molecular complexity index is 1400. The number of rotatable bonds is 6. The van der Waals surface area contributed by atoms with Crippen molar-refractivity contribution in [3.63, 3.8) is 0 Å². The van der Waals surface area contributed by atoms with Crippen molar-refractivity contribution in [2.24, 2.45) is 10.2 Å². The smallest absolute Gasteiger partial charge is 0.267 e. The number of aromatic nitrogens is 1. The van der Waals surface area contributed by atoms with Crippen LogP contribution in [0.2, 0.25) is 10.0 Å². The van der Waals surface area contributed by atoms with Crippen molar-refractivity contribution >= 4 is 46.7 Å². The maximum atomic E-state index is 12.1. The van der Waals surface area contributed by atoms with Gasteiger partial charge in [0, 0.05) is 34.4 Å². The van der Waals surface area contributed by atoms with Crippen molar-refractivity contribution < 1.29 is 4.79 Å². The summed E-state index contributed by atoms with van der Waals surface area (Å²) in [4.78, 5) is 16.0. The van der Waals surface area contributed by atoms with Crippen LogP contribution in [-0.4, -0.2) is 22.8 Å². The number of halogens is 2. The molecule has 0 saturated heterocycles. The lowest BCUT2D eigenvalue weighted by Gasteiger charge is -2.24. The number of pyridine rings is 1. The number of carbonyl (C=O) groups is 1. The molecule has 0 saturated carbocycles. The van der Waals surface area contributed by atoms with Crippen LogP contribution in [-0.2, 0) is 0 Å². The van der Waals surface area contributed by atoms with E-state index in [-0.39, 0.29) is 11.9 Å². The summed E-state index contributed by atoms with van der Waals surface area (Å²) in [6.07, 6.45) is 5.47. The molecular formula is C28H21Cl2N5O. The van der Waals surface area contributed by atoms with Gasteiger partial charge in [0.25, 0.3) is 5.91 Å². The van der Waals surface area contributed by atoms with Crippen LogP contribution < -0.4 is 10.4 Å². The first-order chi connectivity index (χ1) is 17.6. The van der Waals surface area contributed by atoms with Crippen LogP contribution in [0.3, 0.4) is 0 Å². The maximum absolute atomic E-state index is 12.1. The number of hydrazone groups is 2. The fourth-order valence-corrected chi connectivity index (χ4v) is 4.21. The van der Waals surface area contributed by atoms with Gasteiger partial charge in [-0.25, -0.2) is 5.43 Å². The van der Waals surface area contributed by atoms with Crippen LogP contribution in [0, 0.1) is 0 Å². The van der Waals surface area contributed by atoms with Crippen molar-refractivity contribution in [3.05, 3.63) is 130 Å². The van der Waals surface area contributed by atoms with E-state index in [1.807, 2.05) is 77.8 Å². The van der Waals surface area contributed by atoms with Crippen molar-refractivity contribution in [1.29, 1.82) is 0 Å². The number of hydrogen-bond acceptors (Lipinski definition) is 5. The van der Waals surface area contributed by atoms with E-state index < -0.39 is 0 Å². The summed E-state index contributed by atoms with van der Waals surface area (Å²) < 4.78 is 0. The molecule has 6 nitrogen and oxygen atoms in total. The highest BCUT2D eigenvalue weighted by molar-refractivity contribution is 6.31. The van der Waals surface area contributed by atoms with Gasteiger partial charge in [0.2, 0.25) is 0 Å². The summed E-state index contributed by atoms with van der Waals surface area (Å²) >= 11 is 12.2. The van der Waals surface area contributed by atoms with E-state index in [4.69, 9.17) is 28.3 Å². The summed E-state index contributed by atoms with van der Waals surface area (Å²) in [6.45, 7) is 0. The van der Waals surface area contributed by atoms with Crippen LogP contribution in [0.4, 0.5) is 5.69 Å². The molecule has 0 radical (unpaired) electrons. The molecule has 1 aliphatic rings. The fourth-order valence-electron chi connectivity index (χ4n) is 3.96. The van der Waals surface area contributed by atoms with Crippen LogP contribution in [0.1, 0.15) is 39.5 Å². The van der Waals surface area contributed by atoms with Gasteiger partial charge < -0.3 is 0 Å². The molecule has 2 heterocycles. The molecule has 0 bridgehead atoms. The fraction of sp³-hybridized carbons (Fsp3) is 0.0714. The monoisotopic (exact) mass is 513 g/mol. The summed E-state index contributed by atoms with van der Waals surface area (Å²) in [7, 11) is 0.